The molecule has 1 aliphatic heterocycles. The van der Waals surface area contributed by atoms with Gasteiger partial charge in [0.15, 0.2) is 0 Å². The predicted octanol–water partition coefficient (Wildman–Crippen LogP) is 1.52. The molecular weight excluding hydrogens is 396 g/mol. The molecule has 3 rings (SSSR count). The molecule has 0 saturated carbocycles. The minimum Gasteiger partial charge on any atom is -0.351 e. The lowest BCUT2D eigenvalue weighted by atomic mass is 9.88. The maximum Gasteiger partial charge on any atom is 0.254 e. The molecule has 1 fully saturated rings. The van der Waals surface area contributed by atoms with Crippen molar-refractivity contribution in [3.8, 4) is 0 Å². The molecule has 1 atom stereocenters. The zero-order chi connectivity index (χ0) is 22.6. The van der Waals surface area contributed by atoms with Crippen LogP contribution in [-0.4, -0.2) is 52.6 Å². The molecule has 1 saturated heterocycles. The summed E-state index contributed by atoms with van der Waals surface area (Å²) in [6.07, 6.45) is 2.11. The predicted molar refractivity (Wildman–Crippen MR) is 116 cm³/mol. The van der Waals surface area contributed by atoms with Crippen LogP contribution in [0.3, 0.4) is 0 Å². The molecule has 164 valence electrons. The first-order valence-electron chi connectivity index (χ1n) is 10.2. The highest BCUT2D eigenvalue weighted by Gasteiger charge is 2.41. The van der Waals surface area contributed by atoms with Crippen molar-refractivity contribution in [1.29, 1.82) is 0 Å². The number of H-pyrrole nitrogens is 1. The Morgan fingerprint density at radius 1 is 1.16 bits per heavy atom. The number of pyridine rings is 1. The molecule has 1 unspecified atom stereocenters. The molecule has 0 bridgehead atoms. The fourth-order valence-corrected chi connectivity index (χ4v) is 3.72. The monoisotopic (exact) mass is 424 g/mol. The number of carbonyl (C=O) groups excluding carboxylic acids is 3. The van der Waals surface area contributed by atoms with E-state index in [1.165, 1.54) is 19.2 Å². The number of rotatable bonds is 6. The first-order valence-corrected chi connectivity index (χ1v) is 10.2. The molecule has 0 spiro atoms. The molecular formula is C23H28N4O4. The summed E-state index contributed by atoms with van der Waals surface area (Å²) in [5.41, 5.74) is 1.36. The third-order valence-corrected chi connectivity index (χ3v) is 5.73. The molecule has 8 heteroatoms. The second kappa shape index (κ2) is 9.16. The van der Waals surface area contributed by atoms with Crippen LogP contribution in [0.5, 0.6) is 0 Å². The number of nitrogens with one attached hydrogen (secondary N) is 2. The largest absolute Gasteiger partial charge is 0.351 e. The minimum atomic E-state index is -0.562. The second-order valence-corrected chi connectivity index (χ2v) is 8.35. The Bertz CT molecular complexity index is 1030. The van der Waals surface area contributed by atoms with E-state index in [1.54, 1.807) is 22.9 Å². The van der Waals surface area contributed by atoms with Gasteiger partial charge in [0.2, 0.25) is 17.4 Å². The summed E-state index contributed by atoms with van der Waals surface area (Å²) in [6.45, 7) is 5.27. The fourth-order valence-electron chi connectivity index (χ4n) is 3.72. The molecule has 2 aromatic rings. The smallest absolute Gasteiger partial charge is 0.254 e. The highest BCUT2D eigenvalue weighted by molar-refractivity contribution is 5.93. The van der Waals surface area contributed by atoms with Crippen LogP contribution in [0, 0.1) is 5.41 Å². The summed E-state index contributed by atoms with van der Waals surface area (Å²) in [4.78, 5) is 53.8. The lowest BCUT2D eigenvalue weighted by Gasteiger charge is -2.23. The van der Waals surface area contributed by atoms with Crippen LogP contribution in [0.25, 0.3) is 0 Å². The van der Waals surface area contributed by atoms with Crippen molar-refractivity contribution in [2.45, 2.75) is 33.4 Å². The van der Waals surface area contributed by atoms with Crippen LogP contribution in [0.15, 0.2) is 47.4 Å². The molecule has 8 nitrogen and oxygen atoms in total. The Morgan fingerprint density at radius 3 is 2.45 bits per heavy atom. The highest BCUT2D eigenvalue weighted by Crippen LogP contribution is 2.30. The molecule has 31 heavy (non-hydrogen) atoms. The number of benzene rings is 1. The Labute approximate surface area is 181 Å². The fraction of sp³-hybridized carbons (Fsp3) is 0.391. The second-order valence-electron chi connectivity index (χ2n) is 8.35. The first kappa shape index (κ1) is 22.3. The summed E-state index contributed by atoms with van der Waals surface area (Å²) < 4.78 is 0. The van der Waals surface area contributed by atoms with Crippen LogP contribution in [0.4, 0.5) is 0 Å². The van der Waals surface area contributed by atoms with E-state index in [0.717, 1.165) is 11.1 Å². The van der Waals surface area contributed by atoms with Crippen LogP contribution in [0.1, 0.15) is 41.8 Å². The van der Waals surface area contributed by atoms with E-state index in [-0.39, 0.29) is 23.3 Å². The van der Waals surface area contributed by atoms with E-state index in [1.807, 2.05) is 31.2 Å². The number of hydrogen-bond acceptors (Lipinski definition) is 4. The summed E-state index contributed by atoms with van der Waals surface area (Å²) >= 11 is 0. The Kier molecular flexibility index (Phi) is 6.58. The number of aromatic nitrogens is 1. The van der Waals surface area contributed by atoms with Gasteiger partial charge in [0.25, 0.3) is 5.91 Å². The zero-order valence-electron chi connectivity index (χ0n) is 18.1. The van der Waals surface area contributed by atoms with Gasteiger partial charge in [-0.15, -0.1) is 0 Å². The third kappa shape index (κ3) is 5.39. The van der Waals surface area contributed by atoms with Gasteiger partial charge in [0.1, 0.15) is 0 Å². The number of carbonyl (C=O) groups is 3. The molecule has 3 amide bonds. The maximum atomic E-state index is 12.6. The van der Waals surface area contributed by atoms with E-state index < -0.39 is 5.41 Å². The van der Waals surface area contributed by atoms with Gasteiger partial charge >= 0.3 is 0 Å². The molecule has 0 aliphatic carbocycles. The van der Waals surface area contributed by atoms with Gasteiger partial charge in [-0.3, -0.25) is 19.2 Å². The van der Waals surface area contributed by atoms with Gasteiger partial charge in [-0.25, -0.2) is 0 Å². The van der Waals surface area contributed by atoms with Gasteiger partial charge in [-0.1, -0.05) is 24.3 Å². The molecule has 2 heterocycles. The van der Waals surface area contributed by atoms with Crippen LogP contribution in [0.2, 0.25) is 0 Å². The van der Waals surface area contributed by atoms with Crippen molar-refractivity contribution in [1.82, 2.24) is 20.1 Å². The maximum absolute atomic E-state index is 12.6. The average Bonchev–Trinajstić information content (AvgIpc) is 3.16. The summed E-state index contributed by atoms with van der Waals surface area (Å²) in [6, 6.07) is 10.5. The lowest BCUT2D eigenvalue weighted by Crippen LogP contribution is -2.41. The number of aromatic amines is 1. The SMILES string of the molecule is CC(=O)N1CCC(C)(C(=O)NCc2ccc(CN(C)C(=O)c3cc[nH]c(=O)c3)cc2)C1. The molecule has 1 aromatic carbocycles. The number of likely N-dealkylation sites (tertiary alicyclic amines) is 1. The number of nitrogens with zero attached hydrogens (tertiary/aromatic N) is 2. The van der Waals surface area contributed by atoms with Gasteiger partial charge in [-0.05, 0) is 30.5 Å². The van der Waals surface area contributed by atoms with Gasteiger partial charge in [0.05, 0.1) is 5.41 Å². The van der Waals surface area contributed by atoms with Crippen LogP contribution >= 0.6 is 0 Å². The Balaban J connectivity index is 1.53. The Hall–Kier alpha value is -3.42. The van der Waals surface area contributed by atoms with E-state index in [2.05, 4.69) is 10.3 Å². The number of amides is 3. The standard InChI is InChI=1S/C23H28N4O4/c1-16(28)27-11-9-23(2,15-27)22(31)25-13-17-4-6-18(7-5-17)14-26(3)21(30)19-8-10-24-20(29)12-19/h4-8,10,12H,9,11,13-15H2,1-3H3,(H,24,29)(H,25,31). The Morgan fingerprint density at radius 2 is 1.84 bits per heavy atom. The van der Waals surface area contributed by atoms with E-state index in [4.69, 9.17) is 0 Å². The van der Waals surface area contributed by atoms with Crippen molar-refractivity contribution in [3.05, 3.63) is 69.6 Å². The van der Waals surface area contributed by atoms with Crippen molar-refractivity contribution < 1.29 is 14.4 Å². The average molecular weight is 425 g/mol. The summed E-state index contributed by atoms with van der Waals surface area (Å²) in [5, 5.41) is 2.97. The topological polar surface area (TPSA) is 103 Å². The lowest BCUT2D eigenvalue weighted by molar-refractivity contribution is -0.131. The van der Waals surface area contributed by atoms with E-state index in [9.17, 15) is 19.2 Å². The molecule has 1 aliphatic rings. The van der Waals surface area contributed by atoms with E-state index in [0.29, 0.717) is 38.2 Å². The van der Waals surface area contributed by atoms with Crippen LogP contribution in [-0.2, 0) is 22.7 Å². The number of hydrogen-bond donors (Lipinski definition) is 2. The first-order chi connectivity index (χ1) is 14.7. The normalized spacial score (nSPS) is 18.0. The molecule has 0 radical (unpaired) electrons. The highest BCUT2D eigenvalue weighted by atomic mass is 16.2. The van der Waals surface area contributed by atoms with Gasteiger partial charge in [0, 0.05) is 58.0 Å². The van der Waals surface area contributed by atoms with Crippen molar-refractivity contribution >= 4 is 17.7 Å². The van der Waals surface area contributed by atoms with Crippen molar-refractivity contribution in [2.75, 3.05) is 20.1 Å². The quantitative estimate of drug-likeness (QED) is 0.734. The summed E-state index contributed by atoms with van der Waals surface area (Å²) in [5.74, 6) is -0.287. The molecule has 1 aromatic heterocycles. The van der Waals surface area contributed by atoms with Gasteiger partial charge < -0.3 is 20.1 Å². The van der Waals surface area contributed by atoms with Crippen molar-refractivity contribution in [3.63, 3.8) is 0 Å². The van der Waals surface area contributed by atoms with Crippen molar-refractivity contribution in [2.24, 2.45) is 5.41 Å². The molecule has 2 N–H and O–H groups in total. The summed E-state index contributed by atoms with van der Waals surface area (Å²) in [7, 11) is 1.68. The third-order valence-electron chi connectivity index (χ3n) is 5.73. The van der Waals surface area contributed by atoms with Crippen LogP contribution < -0.4 is 10.9 Å². The van der Waals surface area contributed by atoms with E-state index >= 15 is 0 Å². The zero-order valence-corrected chi connectivity index (χ0v) is 18.1. The van der Waals surface area contributed by atoms with Gasteiger partial charge in [-0.2, -0.15) is 0 Å². The minimum absolute atomic E-state index is 0.00497.